The van der Waals surface area contributed by atoms with Gasteiger partial charge in [-0.1, -0.05) is 32.0 Å². The number of hydrogen-bond acceptors (Lipinski definition) is 1. The number of quaternary nitrogens is 1. The van der Waals surface area contributed by atoms with Gasteiger partial charge >= 0.3 is 0 Å². The molecular formula is C23H33Cl2N3. The van der Waals surface area contributed by atoms with E-state index in [1.165, 1.54) is 63.0 Å². The minimum Gasteiger partial charge on any atom is -1.00 e. The van der Waals surface area contributed by atoms with Gasteiger partial charge in [-0.25, -0.2) is 0 Å². The molecule has 0 saturated carbocycles. The molecule has 0 bridgehead atoms. The van der Waals surface area contributed by atoms with E-state index in [0.29, 0.717) is 5.41 Å². The van der Waals surface area contributed by atoms with Gasteiger partial charge in [-0.3, -0.25) is 4.98 Å². The van der Waals surface area contributed by atoms with Gasteiger partial charge < -0.3 is 21.9 Å². The minimum absolute atomic E-state index is 0. The van der Waals surface area contributed by atoms with Gasteiger partial charge in [0.15, 0.2) is 0 Å². The summed E-state index contributed by atoms with van der Waals surface area (Å²) in [6.45, 7) is 9.23. The molecule has 4 rings (SSSR count). The summed E-state index contributed by atoms with van der Waals surface area (Å²) in [6, 6.07) is 8.96. The number of para-hydroxylation sites is 1. The maximum Gasteiger partial charge on any atom is 0.0784 e. The van der Waals surface area contributed by atoms with E-state index >= 15 is 0 Å². The molecular weight excluding hydrogens is 389 g/mol. The highest BCUT2D eigenvalue weighted by atomic mass is 35.5. The van der Waals surface area contributed by atoms with E-state index in [-0.39, 0.29) is 24.8 Å². The summed E-state index contributed by atoms with van der Waals surface area (Å²) in [7, 11) is 4.47. The van der Waals surface area contributed by atoms with Crippen molar-refractivity contribution in [3.8, 4) is 0 Å². The summed E-state index contributed by atoms with van der Waals surface area (Å²) in [5.74, 6) is 0. The normalized spacial score (nSPS) is 15.4. The molecule has 1 N–H and O–H groups in total. The zero-order chi connectivity index (χ0) is 18.5. The second-order valence-electron chi connectivity index (χ2n) is 9.17. The van der Waals surface area contributed by atoms with Crippen LogP contribution in [-0.2, 0) is 19.4 Å². The first kappa shape index (κ1) is 23.0. The summed E-state index contributed by atoms with van der Waals surface area (Å²) >= 11 is 0. The van der Waals surface area contributed by atoms with E-state index in [0.717, 1.165) is 19.4 Å². The molecule has 0 fully saturated rings. The van der Waals surface area contributed by atoms with Gasteiger partial charge in [0.25, 0.3) is 0 Å². The number of benzene rings is 1. The highest BCUT2D eigenvalue weighted by Crippen LogP contribution is 2.41. The topological polar surface area (TPSA) is 22.3 Å². The van der Waals surface area contributed by atoms with Crippen LogP contribution < -0.4 is 17.3 Å². The van der Waals surface area contributed by atoms with Crippen molar-refractivity contribution in [3.63, 3.8) is 0 Å². The first-order valence-corrected chi connectivity index (χ1v) is 10.1. The van der Waals surface area contributed by atoms with Crippen LogP contribution in [0.5, 0.6) is 0 Å². The van der Waals surface area contributed by atoms with Crippen LogP contribution >= 0.6 is 12.4 Å². The van der Waals surface area contributed by atoms with Crippen LogP contribution in [0.1, 0.15) is 43.6 Å². The molecule has 2 heterocycles. The van der Waals surface area contributed by atoms with Crippen molar-refractivity contribution in [2.24, 2.45) is 5.41 Å². The summed E-state index contributed by atoms with van der Waals surface area (Å²) in [4.78, 5) is 6.62. The van der Waals surface area contributed by atoms with Crippen molar-refractivity contribution in [2.45, 2.75) is 53.0 Å². The van der Waals surface area contributed by atoms with E-state index in [9.17, 15) is 0 Å². The van der Waals surface area contributed by atoms with Crippen LogP contribution in [-0.4, -0.2) is 30.2 Å². The van der Waals surface area contributed by atoms with Gasteiger partial charge in [0.2, 0.25) is 0 Å². The Bertz CT molecular complexity index is 973. The molecule has 0 unspecified atom stereocenters. The highest BCUT2D eigenvalue weighted by Gasteiger charge is 2.29. The van der Waals surface area contributed by atoms with Crippen LogP contribution in [0.25, 0.3) is 21.8 Å². The molecule has 0 atom stereocenters. The Morgan fingerprint density at radius 2 is 1.89 bits per heavy atom. The van der Waals surface area contributed by atoms with Crippen molar-refractivity contribution in [3.05, 3.63) is 41.2 Å². The fraction of sp³-hybridized carbons (Fsp3) is 0.522. The second kappa shape index (κ2) is 8.61. The maximum absolute atomic E-state index is 5.11. The van der Waals surface area contributed by atoms with E-state index in [1.807, 2.05) is 0 Å². The number of aromatic nitrogens is 2. The van der Waals surface area contributed by atoms with E-state index in [2.05, 4.69) is 63.7 Å². The van der Waals surface area contributed by atoms with Gasteiger partial charge in [0.05, 0.1) is 31.9 Å². The van der Waals surface area contributed by atoms with E-state index < -0.39 is 0 Å². The molecule has 3 aromatic rings. The largest absolute Gasteiger partial charge is 1.00 e. The van der Waals surface area contributed by atoms with Gasteiger partial charge in [-0.15, -0.1) is 12.4 Å². The predicted octanol–water partition coefficient (Wildman–Crippen LogP) is 0.973. The number of nitrogens with zero attached hydrogens (tertiary/aromatic N) is 2. The molecule has 1 aromatic carbocycles. The summed E-state index contributed by atoms with van der Waals surface area (Å²) in [5.41, 5.74) is 7.17. The summed E-state index contributed by atoms with van der Waals surface area (Å²) < 4.78 is 2.54. The zero-order valence-electron chi connectivity index (χ0n) is 17.7. The third-order valence-electron chi connectivity index (χ3n) is 6.02. The van der Waals surface area contributed by atoms with E-state index in [4.69, 9.17) is 4.98 Å². The van der Waals surface area contributed by atoms with Crippen molar-refractivity contribution in [2.75, 3.05) is 20.6 Å². The van der Waals surface area contributed by atoms with Gasteiger partial charge in [0.1, 0.15) is 0 Å². The first-order valence-electron chi connectivity index (χ1n) is 10.1. The molecule has 28 heavy (non-hydrogen) atoms. The van der Waals surface area contributed by atoms with Crippen LogP contribution in [0.4, 0.5) is 0 Å². The summed E-state index contributed by atoms with van der Waals surface area (Å²) in [5, 5.41) is 2.90. The number of rotatable bonds is 4. The molecule has 1 aliphatic rings. The Kier molecular flexibility index (Phi) is 7.07. The van der Waals surface area contributed by atoms with Gasteiger partial charge in [-0.05, 0) is 43.2 Å². The monoisotopic (exact) mass is 421 g/mol. The fourth-order valence-corrected chi connectivity index (χ4v) is 4.70. The predicted molar refractivity (Wildman–Crippen MR) is 117 cm³/mol. The highest BCUT2D eigenvalue weighted by molar-refractivity contribution is 6.10. The molecule has 3 nitrogen and oxygen atoms in total. The molecule has 0 radical (unpaired) electrons. The Morgan fingerprint density at radius 3 is 2.61 bits per heavy atom. The van der Waals surface area contributed by atoms with Crippen molar-refractivity contribution < 1.29 is 17.3 Å². The third-order valence-corrected chi connectivity index (χ3v) is 6.02. The molecule has 1 aliphatic carbocycles. The SMILES string of the molecule is Cc1nc2c(c3c4ccccc4n(CCC[NH+](C)C)c13)CCC(C)(C)C2.Cl.[Cl-]. The number of fused-ring (bicyclic) bond motifs is 5. The van der Waals surface area contributed by atoms with Crippen molar-refractivity contribution in [1.29, 1.82) is 0 Å². The summed E-state index contributed by atoms with van der Waals surface area (Å²) in [6.07, 6.45) is 4.70. The lowest BCUT2D eigenvalue weighted by molar-refractivity contribution is -0.858. The molecule has 5 heteroatoms. The molecule has 0 aliphatic heterocycles. The number of nitrogens with one attached hydrogen (secondary N) is 1. The quantitative estimate of drug-likeness (QED) is 0.665. The number of hydrogen-bond donors (Lipinski definition) is 1. The van der Waals surface area contributed by atoms with Crippen LogP contribution in [0.15, 0.2) is 24.3 Å². The average Bonchev–Trinajstić information content (AvgIpc) is 2.89. The lowest BCUT2D eigenvalue weighted by Crippen LogP contribution is -3.05. The number of halogens is 2. The van der Waals surface area contributed by atoms with E-state index in [1.54, 1.807) is 0 Å². The van der Waals surface area contributed by atoms with Crippen molar-refractivity contribution in [1.82, 2.24) is 9.55 Å². The second-order valence-corrected chi connectivity index (χ2v) is 9.17. The maximum atomic E-state index is 5.11. The molecule has 0 saturated heterocycles. The lowest BCUT2D eigenvalue weighted by atomic mass is 9.75. The zero-order valence-corrected chi connectivity index (χ0v) is 19.3. The lowest BCUT2D eigenvalue weighted by Gasteiger charge is -2.31. The minimum atomic E-state index is 0. The third kappa shape index (κ3) is 4.03. The smallest absolute Gasteiger partial charge is 0.0784 e. The Balaban J connectivity index is 0.00000140. The molecule has 0 spiro atoms. The van der Waals surface area contributed by atoms with Crippen LogP contribution in [0, 0.1) is 12.3 Å². The number of aryl methyl sites for hydroxylation is 3. The Morgan fingerprint density at radius 1 is 1.18 bits per heavy atom. The van der Waals surface area contributed by atoms with Gasteiger partial charge in [-0.2, -0.15) is 0 Å². The first-order chi connectivity index (χ1) is 12.4. The molecule has 0 amide bonds. The van der Waals surface area contributed by atoms with Crippen molar-refractivity contribution >= 4 is 34.2 Å². The fourth-order valence-electron chi connectivity index (χ4n) is 4.70. The average molecular weight is 422 g/mol. The number of pyridine rings is 1. The van der Waals surface area contributed by atoms with Crippen LogP contribution in [0.2, 0.25) is 0 Å². The molecule has 154 valence electrons. The standard InChI is InChI=1S/C23H31N3.2ClH/c1-16-22-21(17-11-12-23(2,3)15-19(17)24-16)18-9-6-7-10-20(18)26(22)14-8-13-25(4)5;;/h6-7,9-10H,8,11-15H2,1-5H3;2*1H. The van der Waals surface area contributed by atoms with Crippen LogP contribution in [0.3, 0.4) is 0 Å². The molecule has 2 aromatic heterocycles. The Labute approximate surface area is 181 Å². The Hall–Kier alpha value is -1.29. The van der Waals surface area contributed by atoms with Gasteiger partial charge in [0, 0.05) is 34.9 Å².